The highest BCUT2D eigenvalue weighted by Gasteiger charge is 2.69. The molecule has 1 unspecified atom stereocenters. The van der Waals surface area contributed by atoms with Gasteiger partial charge in [-0.2, -0.15) is 4.31 Å². The van der Waals surface area contributed by atoms with E-state index in [1.54, 1.807) is 16.3 Å². The van der Waals surface area contributed by atoms with E-state index in [9.17, 15) is 32.4 Å². The van der Waals surface area contributed by atoms with Gasteiger partial charge in [-0.15, -0.1) is 30.3 Å². The van der Waals surface area contributed by atoms with Crippen molar-refractivity contribution in [3.8, 4) is 12.3 Å². The van der Waals surface area contributed by atoms with E-state index in [4.69, 9.17) is 6.42 Å². The number of carbonyl (C=O) groups excluding carboxylic acids is 5. The molecule has 3 fully saturated rings. The van der Waals surface area contributed by atoms with Gasteiger partial charge >= 0.3 is 6.03 Å². The first kappa shape index (κ1) is 40.4. The topological polar surface area (TPSA) is 174 Å². The Kier molecular flexibility index (Phi) is 12.2. The normalized spacial score (nSPS) is 24.8. The number of thiophene rings is 1. The zero-order chi connectivity index (χ0) is 38.9. The molecule has 1 saturated heterocycles. The number of fused-ring (bicyclic) bond motifs is 2. The highest BCUT2D eigenvalue weighted by Crippen LogP contribution is 2.65. The molecule has 15 heteroatoms. The van der Waals surface area contributed by atoms with Crippen molar-refractivity contribution in [3.63, 3.8) is 0 Å². The monoisotopic (exact) mass is 770 g/mol. The Bertz CT molecular complexity index is 1750. The van der Waals surface area contributed by atoms with E-state index >= 15 is 0 Å². The molecule has 5 amide bonds. The van der Waals surface area contributed by atoms with Gasteiger partial charge < -0.3 is 26.2 Å². The van der Waals surface area contributed by atoms with Crippen molar-refractivity contribution in [2.75, 3.05) is 19.6 Å². The average Bonchev–Trinajstić information content (AvgIpc) is 3.56. The van der Waals surface area contributed by atoms with E-state index in [1.807, 2.05) is 34.6 Å². The second-order valence-electron chi connectivity index (χ2n) is 16.5. The number of ketones is 1. The van der Waals surface area contributed by atoms with Crippen LogP contribution in [0.5, 0.6) is 0 Å². The van der Waals surface area contributed by atoms with Crippen LogP contribution in [-0.4, -0.2) is 91.0 Å². The lowest BCUT2D eigenvalue weighted by Crippen LogP contribution is -2.61. The number of carbonyl (C=O) groups is 5. The Balaban J connectivity index is 1.35. The number of rotatable bonds is 14. The van der Waals surface area contributed by atoms with Crippen LogP contribution in [0.25, 0.3) is 0 Å². The number of nitrogens with zero attached hydrogens (tertiary/aromatic N) is 2. The Hall–Kier alpha value is -3.74. The van der Waals surface area contributed by atoms with E-state index in [2.05, 4.69) is 33.8 Å². The average molecular weight is 771 g/mol. The van der Waals surface area contributed by atoms with Crippen LogP contribution < -0.4 is 21.3 Å². The van der Waals surface area contributed by atoms with Gasteiger partial charge in [-0.05, 0) is 59.3 Å². The van der Waals surface area contributed by atoms with E-state index in [-0.39, 0.29) is 61.6 Å². The van der Waals surface area contributed by atoms with Crippen LogP contribution in [0, 0.1) is 40.9 Å². The molecule has 0 bridgehead atoms. The molecule has 53 heavy (non-hydrogen) atoms. The molecule has 2 aliphatic carbocycles. The summed E-state index contributed by atoms with van der Waals surface area (Å²) in [6.07, 6.45) is 11.4. The van der Waals surface area contributed by atoms with Crippen LogP contribution in [0.3, 0.4) is 0 Å². The lowest BCUT2D eigenvalue weighted by atomic mass is 9.83. The quantitative estimate of drug-likeness (QED) is 0.128. The molecule has 3 heterocycles. The van der Waals surface area contributed by atoms with Crippen molar-refractivity contribution in [1.82, 2.24) is 30.5 Å². The summed E-state index contributed by atoms with van der Waals surface area (Å²) in [5.41, 5.74) is -0.767. The van der Waals surface area contributed by atoms with Crippen molar-refractivity contribution in [1.29, 1.82) is 0 Å². The molecule has 0 radical (unpaired) electrons. The summed E-state index contributed by atoms with van der Waals surface area (Å²) in [6.45, 7) is 14.1. The SMILES string of the molecule is C#CCCC(NC(=O)[C@@H]1[C@@H]2[C@H](CN1C(=O)[C@@H](NC(=O)N[C@H](CN1Cc3sccc3S1(=O)=O)C(C)(C)C)C1CCCCC1)C2(C)C)C(=O)C(=O)NCC=C. The molecule has 4 aliphatic rings. The number of amides is 5. The standard InChI is InChI=1S/C38H54N6O7S2/c1-8-10-16-25(32(45)34(47)39-18-9-2)40-33(46)31-29-24(38(29,6)7)20-44(31)35(48)30(23-14-12-11-13-15-23)42-36(49)41-28(37(3,4)5)22-43-21-26-27(17-19-52-26)53(43,50)51/h1,9,17,19,23-25,28-31H,2,10-16,18,20-22H2,3-7H3,(H,39,47)(H,40,46)(H2,41,42,49)/t24-,25?,28+,29-,30-,31-/m0/s1. The zero-order valence-corrected chi connectivity index (χ0v) is 33.0. The van der Waals surface area contributed by atoms with Gasteiger partial charge in [-0.25, -0.2) is 13.2 Å². The number of hydrogen-bond donors (Lipinski definition) is 4. The van der Waals surface area contributed by atoms with Crippen molar-refractivity contribution in [3.05, 3.63) is 29.0 Å². The van der Waals surface area contributed by atoms with Crippen molar-refractivity contribution < 1.29 is 32.4 Å². The molecule has 13 nitrogen and oxygen atoms in total. The molecule has 4 N–H and O–H groups in total. The molecule has 0 spiro atoms. The van der Waals surface area contributed by atoms with Crippen molar-refractivity contribution in [2.24, 2.45) is 28.6 Å². The number of likely N-dealkylation sites (tertiary alicyclic amines) is 1. The first-order chi connectivity index (χ1) is 24.9. The largest absolute Gasteiger partial charge is 0.346 e. The Morgan fingerprint density at radius 3 is 2.43 bits per heavy atom. The molecule has 6 atom stereocenters. The number of nitrogens with one attached hydrogen (secondary N) is 4. The Morgan fingerprint density at radius 2 is 1.81 bits per heavy atom. The number of piperidine rings is 1. The lowest BCUT2D eigenvalue weighted by molar-refractivity contribution is -0.144. The zero-order valence-electron chi connectivity index (χ0n) is 31.4. The fraction of sp³-hybridized carbons (Fsp3) is 0.658. The first-order valence-electron chi connectivity index (χ1n) is 18.5. The van der Waals surface area contributed by atoms with Gasteiger partial charge in [-0.1, -0.05) is 60.0 Å². The minimum Gasteiger partial charge on any atom is -0.346 e. The van der Waals surface area contributed by atoms with Crippen LogP contribution in [0.2, 0.25) is 0 Å². The molecule has 290 valence electrons. The molecule has 0 aromatic carbocycles. The van der Waals surface area contributed by atoms with Gasteiger partial charge in [0.25, 0.3) is 5.91 Å². The maximum atomic E-state index is 14.7. The molecule has 1 aromatic rings. The summed E-state index contributed by atoms with van der Waals surface area (Å²) in [5.74, 6) is -0.458. The van der Waals surface area contributed by atoms with Gasteiger partial charge in [0.1, 0.15) is 12.1 Å². The molecule has 1 aromatic heterocycles. The van der Waals surface area contributed by atoms with Crippen LogP contribution >= 0.6 is 11.3 Å². The van der Waals surface area contributed by atoms with Gasteiger partial charge in [-0.3, -0.25) is 19.2 Å². The van der Waals surface area contributed by atoms with Crippen molar-refractivity contribution >= 4 is 50.9 Å². The third kappa shape index (κ3) is 8.49. The smallest absolute Gasteiger partial charge is 0.315 e. The lowest BCUT2D eigenvalue weighted by Gasteiger charge is -2.38. The van der Waals surface area contributed by atoms with Gasteiger partial charge in [0.05, 0.1) is 10.9 Å². The molecule has 2 aliphatic heterocycles. The summed E-state index contributed by atoms with van der Waals surface area (Å²) in [6, 6.07) is -2.60. The number of hydrogen-bond acceptors (Lipinski definition) is 8. The van der Waals surface area contributed by atoms with E-state index in [1.165, 1.54) is 21.7 Å². The summed E-state index contributed by atoms with van der Waals surface area (Å²) in [5, 5.41) is 13.0. The fourth-order valence-electron chi connectivity index (χ4n) is 8.31. The van der Waals surface area contributed by atoms with Gasteiger partial charge in [0.2, 0.25) is 27.6 Å². The Labute approximate surface area is 317 Å². The van der Waals surface area contributed by atoms with E-state index in [0.29, 0.717) is 11.4 Å². The van der Waals surface area contributed by atoms with Crippen LogP contribution in [0.15, 0.2) is 29.0 Å². The van der Waals surface area contributed by atoms with Gasteiger partial charge in [0.15, 0.2) is 0 Å². The highest BCUT2D eigenvalue weighted by atomic mass is 32.2. The third-order valence-electron chi connectivity index (χ3n) is 11.7. The second kappa shape index (κ2) is 15.9. The summed E-state index contributed by atoms with van der Waals surface area (Å²) in [4.78, 5) is 71.0. The number of urea groups is 1. The molecular weight excluding hydrogens is 717 g/mol. The minimum atomic E-state index is -3.70. The molecule has 5 rings (SSSR count). The molecular formula is C38H54N6O7S2. The fourth-order valence-corrected chi connectivity index (χ4v) is 11.2. The maximum absolute atomic E-state index is 14.7. The molecule has 2 saturated carbocycles. The van der Waals surface area contributed by atoms with Gasteiger partial charge in [0, 0.05) is 43.5 Å². The van der Waals surface area contributed by atoms with Crippen molar-refractivity contribution in [2.45, 2.75) is 115 Å². The number of Topliss-reactive ketones (excluding diaryl/α,β-unsaturated/α-hetero) is 1. The number of sulfonamides is 1. The maximum Gasteiger partial charge on any atom is 0.315 e. The van der Waals surface area contributed by atoms with Crippen LogP contribution in [0.4, 0.5) is 4.79 Å². The third-order valence-corrected chi connectivity index (χ3v) is 14.6. The first-order valence-corrected chi connectivity index (χ1v) is 20.9. The van der Waals surface area contributed by atoms with Crippen LogP contribution in [-0.2, 0) is 35.7 Å². The second-order valence-corrected chi connectivity index (χ2v) is 19.4. The Morgan fingerprint density at radius 1 is 1.11 bits per heavy atom. The summed E-state index contributed by atoms with van der Waals surface area (Å²) >= 11 is 1.39. The van der Waals surface area contributed by atoms with E-state index < -0.39 is 63.2 Å². The predicted molar refractivity (Wildman–Crippen MR) is 202 cm³/mol. The predicted octanol–water partition coefficient (Wildman–Crippen LogP) is 3.17. The highest BCUT2D eigenvalue weighted by molar-refractivity contribution is 7.89. The van der Waals surface area contributed by atoms with E-state index in [0.717, 1.165) is 37.0 Å². The number of terminal acetylenes is 1. The van der Waals surface area contributed by atoms with Crippen LogP contribution in [0.1, 0.15) is 84.4 Å². The summed E-state index contributed by atoms with van der Waals surface area (Å²) in [7, 11) is -3.70. The minimum absolute atomic E-state index is 0.0368. The summed E-state index contributed by atoms with van der Waals surface area (Å²) < 4.78 is 27.9.